The van der Waals surface area contributed by atoms with Crippen molar-refractivity contribution in [2.24, 2.45) is 4.99 Å². The summed E-state index contributed by atoms with van der Waals surface area (Å²) in [5, 5.41) is 4.01. The second-order valence-electron chi connectivity index (χ2n) is 7.44. The Morgan fingerprint density at radius 1 is 1.15 bits per heavy atom. The molecule has 3 heterocycles. The first-order chi connectivity index (χ1) is 13.2. The lowest BCUT2D eigenvalue weighted by Crippen LogP contribution is -2.13. The Morgan fingerprint density at radius 3 is 2.74 bits per heavy atom. The quantitative estimate of drug-likeness (QED) is 0.762. The lowest BCUT2D eigenvalue weighted by molar-refractivity contribution is 0.174. The molecule has 27 heavy (non-hydrogen) atoms. The van der Waals surface area contributed by atoms with Crippen molar-refractivity contribution >= 4 is 22.6 Å². The number of aromatic nitrogens is 2. The molecule has 0 saturated heterocycles. The lowest BCUT2D eigenvalue weighted by Gasteiger charge is -2.23. The van der Waals surface area contributed by atoms with Gasteiger partial charge in [0.1, 0.15) is 0 Å². The summed E-state index contributed by atoms with van der Waals surface area (Å²) in [6, 6.07) is 6.28. The molecular weight excluding hydrogens is 362 g/mol. The third-order valence-corrected chi connectivity index (χ3v) is 6.81. The van der Waals surface area contributed by atoms with Gasteiger partial charge in [0.05, 0.1) is 21.9 Å². The number of aliphatic imine (C=N–C) groups is 1. The monoisotopic (exact) mass is 385 g/mol. The Hall–Kier alpha value is -2.15. The molecule has 3 aliphatic rings. The number of thioether (sulfide) groups is 1. The molecule has 1 saturated carbocycles. The molecule has 0 spiro atoms. The van der Waals surface area contributed by atoms with Crippen molar-refractivity contribution in [3.05, 3.63) is 39.7 Å². The van der Waals surface area contributed by atoms with Crippen molar-refractivity contribution in [3.63, 3.8) is 0 Å². The minimum Gasteiger partial charge on any atom is -0.454 e. The maximum Gasteiger partial charge on any atom is 0.271 e. The number of nitrogens with zero attached hydrogens (tertiary/aromatic N) is 2. The molecule has 2 aliphatic heterocycles. The number of hydrogen-bond donors (Lipinski definition) is 1. The van der Waals surface area contributed by atoms with Crippen molar-refractivity contribution in [2.45, 2.75) is 56.7 Å². The molecule has 5 rings (SSSR count). The highest BCUT2D eigenvalue weighted by atomic mass is 32.2. The summed E-state index contributed by atoms with van der Waals surface area (Å²) in [6.45, 7) is 2.27. The molecule has 0 radical (unpaired) electrons. The van der Waals surface area contributed by atoms with Gasteiger partial charge >= 0.3 is 0 Å². The van der Waals surface area contributed by atoms with Crippen molar-refractivity contribution in [2.75, 3.05) is 6.79 Å². The van der Waals surface area contributed by atoms with E-state index in [0.717, 1.165) is 46.3 Å². The molecule has 1 aromatic carbocycles. The van der Waals surface area contributed by atoms with E-state index < -0.39 is 0 Å². The van der Waals surface area contributed by atoms with Crippen molar-refractivity contribution in [1.29, 1.82) is 0 Å². The summed E-state index contributed by atoms with van der Waals surface area (Å²) in [6.07, 6.45) is 7.19. The third kappa shape index (κ3) is 2.98. The van der Waals surface area contributed by atoms with E-state index in [4.69, 9.17) is 14.5 Å². The van der Waals surface area contributed by atoms with E-state index in [9.17, 15) is 4.79 Å². The van der Waals surface area contributed by atoms with Crippen LogP contribution in [0.1, 0.15) is 67.9 Å². The molecule has 0 bridgehead atoms. The molecule has 1 atom stereocenters. The second-order valence-corrected chi connectivity index (χ2v) is 8.73. The fourth-order valence-corrected chi connectivity index (χ4v) is 5.39. The van der Waals surface area contributed by atoms with Crippen LogP contribution in [0, 0.1) is 0 Å². The van der Waals surface area contributed by atoms with E-state index in [1.54, 1.807) is 11.8 Å². The van der Waals surface area contributed by atoms with Crippen molar-refractivity contribution in [1.82, 2.24) is 9.78 Å². The minimum absolute atomic E-state index is 0.0272. The van der Waals surface area contributed by atoms with Crippen molar-refractivity contribution in [3.8, 4) is 11.5 Å². The van der Waals surface area contributed by atoms with Crippen LogP contribution >= 0.6 is 11.8 Å². The van der Waals surface area contributed by atoms with Gasteiger partial charge < -0.3 is 9.47 Å². The third-order valence-electron chi connectivity index (χ3n) is 5.64. The second kappa shape index (κ2) is 6.78. The van der Waals surface area contributed by atoms with Crippen LogP contribution in [0.5, 0.6) is 11.5 Å². The first-order valence-corrected chi connectivity index (χ1v) is 10.5. The Kier molecular flexibility index (Phi) is 4.27. The van der Waals surface area contributed by atoms with Gasteiger partial charge in [-0.3, -0.25) is 14.6 Å². The molecule has 1 aliphatic carbocycles. The topological polar surface area (TPSA) is 68.6 Å². The fraction of sp³-hybridized carbons (Fsp3) is 0.500. The highest BCUT2D eigenvalue weighted by Gasteiger charge is 2.32. The number of H-pyrrole nitrogens is 1. The zero-order valence-corrected chi connectivity index (χ0v) is 16.2. The number of nitrogens with one attached hydrogen (secondary N) is 1. The van der Waals surface area contributed by atoms with Gasteiger partial charge in [0, 0.05) is 0 Å². The molecule has 1 aromatic heterocycles. The first-order valence-electron chi connectivity index (χ1n) is 9.66. The molecular formula is C20H23N3O3S. The van der Waals surface area contributed by atoms with Gasteiger partial charge in [-0.1, -0.05) is 43.5 Å². The number of ether oxygens (including phenoxy) is 2. The van der Waals surface area contributed by atoms with Crippen LogP contribution in [0.3, 0.4) is 0 Å². The van der Waals surface area contributed by atoms with Crippen LogP contribution in [0.25, 0.3) is 0 Å². The molecule has 7 heteroatoms. The highest BCUT2D eigenvalue weighted by Crippen LogP contribution is 2.47. The summed E-state index contributed by atoms with van der Waals surface area (Å²) >= 11 is 1.63. The molecule has 1 fully saturated rings. The van der Waals surface area contributed by atoms with Crippen LogP contribution in [-0.4, -0.2) is 21.6 Å². The van der Waals surface area contributed by atoms with E-state index >= 15 is 0 Å². The van der Waals surface area contributed by atoms with Gasteiger partial charge in [-0.25, -0.2) is 4.99 Å². The molecule has 6 nitrogen and oxygen atoms in total. The average Bonchev–Trinajstić information content (AvgIpc) is 3.15. The number of fused-ring (bicyclic) bond motifs is 2. The molecule has 1 N–H and O–H groups in total. The van der Waals surface area contributed by atoms with Crippen LogP contribution < -0.4 is 15.0 Å². The van der Waals surface area contributed by atoms with Crippen LogP contribution in [0.4, 0.5) is 5.82 Å². The summed E-state index contributed by atoms with van der Waals surface area (Å²) < 4.78 is 13.0. The van der Waals surface area contributed by atoms with E-state index in [1.165, 1.54) is 25.7 Å². The van der Waals surface area contributed by atoms with Gasteiger partial charge in [0.15, 0.2) is 17.3 Å². The van der Waals surface area contributed by atoms with Gasteiger partial charge in [0.25, 0.3) is 5.56 Å². The number of rotatable bonds is 2. The maximum atomic E-state index is 12.9. The highest BCUT2D eigenvalue weighted by molar-refractivity contribution is 8.14. The largest absolute Gasteiger partial charge is 0.454 e. The Bertz CT molecular complexity index is 954. The summed E-state index contributed by atoms with van der Waals surface area (Å²) in [5.74, 6) is 2.32. The van der Waals surface area contributed by atoms with Crippen LogP contribution in [0.15, 0.2) is 28.0 Å². The van der Waals surface area contributed by atoms with Gasteiger partial charge in [-0.15, -0.1) is 0 Å². The summed E-state index contributed by atoms with van der Waals surface area (Å²) in [4.78, 5) is 17.7. The maximum absolute atomic E-state index is 12.9. The summed E-state index contributed by atoms with van der Waals surface area (Å²) in [7, 11) is 0. The minimum atomic E-state index is -0.0808. The molecule has 142 valence electrons. The smallest absolute Gasteiger partial charge is 0.271 e. The molecule has 1 unspecified atom stereocenters. The standard InChI is InChI=1S/C20H23N3O3S/c1-12-21-19-17(20(24)22-23(19)14-6-4-2-3-5-7-14)18(27-12)13-8-9-15-16(10-13)26-11-25-15/h8-10,14,18H,2-7,11H2,1H3,(H,22,24). The van der Waals surface area contributed by atoms with Crippen molar-refractivity contribution < 1.29 is 9.47 Å². The Balaban J connectivity index is 1.58. The predicted molar refractivity (Wildman–Crippen MR) is 107 cm³/mol. The van der Waals surface area contributed by atoms with E-state index in [2.05, 4.69) is 5.10 Å². The number of hydrogen-bond acceptors (Lipinski definition) is 5. The first kappa shape index (κ1) is 17.0. The Labute approximate surface area is 161 Å². The van der Waals surface area contributed by atoms with Gasteiger partial charge in [-0.2, -0.15) is 0 Å². The van der Waals surface area contributed by atoms with Crippen LogP contribution in [-0.2, 0) is 0 Å². The SMILES string of the molecule is CC1=Nc2c(c(=O)[nH]n2C2CCCCCC2)C(c2ccc3c(c2)OCO3)S1. The van der Waals surface area contributed by atoms with Gasteiger partial charge in [0.2, 0.25) is 6.79 Å². The molecule has 2 aromatic rings. The Morgan fingerprint density at radius 2 is 1.93 bits per heavy atom. The van der Waals surface area contributed by atoms with Crippen LogP contribution in [0.2, 0.25) is 0 Å². The number of aromatic amines is 1. The number of benzene rings is 1. The van der Waals surface area contributed by atoms with E-state index in [0.29, 0.717) is 6.04 Å². The summed E-state index contributed by atoms with van der Waals surface area (Å²) in [5.41, 5.74) is 1.78. The van der Waals surface area contributed by atoms with E-state index in [1.807, 2.05) is 29.8 Å². The average molecular weight is 385 g/mol. The fourth-order valence-electron chi connectivity index (χ4n) is 4.30. The predicted octanol–water partition coefficient (Wildman–Crippen LogP) is 4.69. The zero-order valence-electron chi connectivity index (χ0n) is 15.4. The van der Waals surface area contributed by atoms with E-state index in [-0.39, 0.29) is 17.6 Å². The zero-order chi connectivity index (χ0) is 18.4. The van der Waals surface area contributed by atoms with Gasteiger partial charge in [-0.05, 0) is 37.5 Å². The lowest BCUT2D eigenvalue weighted by atomic mass is 10.0. The molecule has 0 amide bonds. The normalized spacial score (nSPS) is 22.3.